The zero-order chi connectivity index (χ0) is 20.1. The topological polar surface area (TPSA) is 78.5 Å². The van der Waals surface area contributed by atoms with Crippen LogP contribution in [-0.4, -0.2) is 29.2 Å². The Labute approximate surface area is 164 Å². The second kappa shape index (κ2) is 8.69. The quantitative estimate of drug-likeness (QED) is 0.775. The first-order chi connectivity index (χ1) is 13.5. The molecule has 2 aromatic carbocycles. The summed E-state index contributed by atoms with van der Waals surface area (Å²) in [6.45, 7) is 4.57. The van der Waals surface area contributed by atoms with Crippen LogP contribution >= 0.6 is 0 Å². The van der Waals surface area contributed by atoms with Gasteiger partial charge >= 0.3 is 0 Å². The summed E-state index contributed by atoms with van der Waals surface area (Å²) in [6, 6.07) is 16.8. The van der Waals surface area contributed by atoms with E-state index in [1.807, 2.05) is 37.3 Å². The van der Waals surface area contributed by atoms with Gasteiger partial charge in [-0.25, -0.2) is 0 Å². The van der Waals surface area contributed by atoms with E-state index in [1.165, 1.54) is 6.92 Å². The molecular weight excluding hydrogens is 354 g/mol. The number of nitrogens with zero attached hydrogens (tertiary/aromatic N) is 1. The van der Waals surface area contributed by atoms with Crippen LogP contribution in [0.15, 0.2) is 54.6 Å². The second-order valence-corrected chi connectivity index (χ2v) is 7.03. The van der Waals surface area contributed by atoms with E-state index in [9.17, 15) is 14.4 Å². The molecule has 3 amide bonds. The van der Waals surface area contributed by atoms with Crippen LogP contribution in [0.1, 0.15) is 25.8 Å². The molecule has 0 spiro atoms. The summed E-state index contributed by atoms with van der Waals surface area (Å²) >= 11 is 0. The van der Waals surface area contributed by atoms with Crippen molar-refractivity contribution in [2.24, 2.45) is 11.8 Å². The molecule has 0 saturated heterocycles. The fourth-order valence-corrected chi connectivity index (χ4v) is 3.22. The molecule has 2 N–H and O–H groups in total. The van der Waals surface area contributed by atoms with Crippen molar-refractivity contribution in [1.82, 2.24) is 4.90 Å². The molecule has 1 aliphatic rings. The molecule has 0 aliphatic heterocycles. The third kappa shape index (κ3) is 4.97. The highest BCUT2D eigenvalue weighted by Gasteiger charge is 2.49. The van der Waals surface area contributed by atoms with Gasteiger partial charge in [-0.1, -0.05) is 30.3 Å². The van der Waals surface area contributed by atoms with Crippen molar-refractivity contribution < 1.29 is 14.4 Å². The Hall–Kier alpha value is -3.15. The molecule has 0 heterocycles. The number of rotatable bonds is 7. The zero-order valence-corrected chi connectivity index (χ0v) is 16.1. The molecule has 3 rings (SSSR count). The van der Waals surface area contributed by atoms with Crippen molar-refractivity contribution in [1.29, 1.82) is 0 Å². The third-order valence-corrected chi connectivity index (χ3v) is 4.83. The van der Waals surface area contributed by atoms with Crippen molar-refractivity contribution in [3.8, 4) is 0 Å². The van der Waals surface area contributed by atoms with Crippen molar-refractivity contribution in [2.75, 3.05) is 17.2 Å². The van der Waals surface area contributed by atoms with Gasteiger partial charge in [0, 0.05) is 31.4 Å². The van der Waals surface area contributed by atoms with Crippen LogP contribution in [0, 0.1) is 11.8 Å². The SMILES string of the molecule is CCN(Cc1ccccc1)C(=O)C1CC1C(=O)Nc1ccc(NC(C)=O)cc1. The van der Waals surface area contributed by atoms with Gasteiger partial charge in [0.25, 0.3) is 0 Å². The molecule has 1 fully saturated rings. The number of benzene rings is 2. The van der Waals surface area contributed by atoms with Gasteiger partial charge < -0.3 is 15.5 Å². The number of amides is 3. The van der Waals surface area contributed by atoms with Crippen LogP contribution in [0.5, 0.6) is 0 Å². The lowest BCUT2D eigenvalue weighted by Gasteiger charge is -2.21. The molecule has 2 aromatic rings. The number of carbonyl (C=O) groups excluding carboxylic acids is 3. The first-order valence-electron chi connectivity index (χ1n) is 9.49. The molecule has 1 aliphatic carbocycles. The summed E-state index contributed by atoms with van der Waals surface area (Å²) in [4.78, 5) is 38.1. The zero-order valence-electron chi connectivity index (χ0n) is 16.1. The van der Waals surface area contributed by atoms with Gasteiger partial charge in [-0.3, -0.25) is 14.4 Å². The fourth-order valence-electron chi connectivity index (χ4n) is 3.22. The predicted molar refractivity (Wildman–Crippen MR) is 109 cm³/mol. The largest absolute Gasteiger partial charge is 0.338 e. The Balaban J connectivity index is 1.54. The highest BCUT2D eigenvalue weighted by molar-refractivity contribution is 5.99. The Bertz CT molecular complexity index is 849. The van der Waals surface area contributed by atoms with Crippen LogP contribution in [0.25, 0.3) is 0 Å². The summed E-state index contributed by atoms with van der Waals surface area (Å²) in [5.74, 6) is -0.782. The smallest absolute Gasteiger partial charge is 0.228 e. The van der Waals surface area contributed by atoms with Crippen molar-refractivity contribution in [2.45, 2.75) is 26.8 Å². The Kier molecular flexibility index (Phi) is 6.09. The number of hydrogen-bond acceptors (Lipinski definition) is 3. The van der Waals surface area contributed by atoms with Crippen LogP contribution in [0.3, 0.4) is 0 Å². The van der Waals surface area contributed by atoms with Gasteiger partial charge in [0.1, 0.15) is 0 Å². The van der Waals surface area contributed by atoms with E-state index in [2.05, 4.69) is 10.6 Å². The average Bonchev–Trinajstić information content (AvgIpc) is 3.48. The Morgan fingerprint density at radius 2 is 1.54 bits per heavy atom. The van der Waals surface area contributed by atoms with Crippen LogP contribution < -0.4 is 10.6 Å². The Morgan fingerprint density at radius 1 is 0.929 bits per heavy atom. The van der Waals surface area contributed by atoms with Crippen molar-refractivity contribution >= 4 is 29.1 Å². The molecule has 28 heavy (non-hydrogen) atoms. The van der Waals surface area contributed by atoms with Gasteiger partial charge in [-0.05, 0) is 43.2 Å². The van der Waals surface area contributed by atoms with E-state index < -0.39 is 0 Å². The summed E-state index contributed by atoms with van der Waals surface area (Å²) in [6.07, 6.45) is 0.583. The lowest BCUT2D eigenvalue weighted by Crippen LogP contribution is -2.33. The molecule has 0 aromatic heterocycles. The minimum atomic E-state index is -0.285. The minimum Gasteiger partial charge on any atom is -0.338 e. The molecular formula is C22H25N3O3. The fraction of sp³-hybridized carbons (Fsp3) is 0.318. The van der Waals surface area contributed by atoms with E-state index in [0.717, 1.165) is 5.56 Å². The van der Waals surface area contributed by atoms with Gasteiger partial charge in [-0.2, -0.15) is 0 Å². The number of hydrogen-bond donors (Lipinski definition) is 2. The van der Waals surface area contributed by atoms with Gasteiger partial charge in [0.05, 0.1) is 11.8 Å². The first kappa shape index (κ1) is 19.6. The maximum atomic E-state index is 12.8. The summed E-state index contributed by atoms with van der Waals surface area (Å²) < 4.78 is 0. The average molecular weight is 379 g/mol. The predicted octanol–water partition coefficient (Wildman–Crippen LogP) is 3.27. The monoisotopic (exact) mass is 379 g/mol. The molecule has 6 heteroatoms. The van der Waals surface area contributed by atoms with E-state index in [4.69, 9.17) is 0 Å². The van der Waals surface area contributed by atoms with Crippen molar-refractivity contribution in [3.63, 3.8) is 0 Å². The molecule has 146 valence electrons. The lowest BCUT2D eigenvalue weighted by molar-refractivity contribution is -0.134. The first-order valence-corrected chi connectivity index (χ1v) is 9.49. The highest BCUT2D eigenvalue weighted by Crippen LogP contribution is 2.41. The van der Waals surface area contributed by atoms with Crippen LogP contribution in [0.4, 0.5) is 11.4 Å². The summed E-state index contributed by atoms with van der Waals surface area (Å²) in [5.41, 5.74) is 2.40. The molecule has 2 unspecified atom stereocenters. The van der Waals surface area contributed by atoms with Gasteiger partial charge in [-0.15, -0.1) is 0 Å². The molecule has 1 saturated carbocycles. The van der Waals surface area contributed by atoms with E-state index in [1.54, 1.807) is 29.2 Å². The van der Waals surface area contributed by atoms with E-state index >= 15 is 0 Å². The van der Waals surface area contributed by atoms with Gasteiger partial charge in [0.15, 0.2) is 0 Å². The molecule has 2 atom stereocenters. The number of carbonyl (C=O) groups is 3. The summed E-state index contributed by atoms with van der Waals surface area (Å²) in [5, 5.41) is 5.53. The number of anilines is 2. The summed E-state index contributed by atoms with van der Waals surface area (Å²) in [7, 11) is 0. The van der Waals surface area contributed by atoms with Crippen LogP contribution in [0.2, 0.25) is 0 Å². The molecule has 6 nitrogen and oxygen atoms in total. The molecule has 0 radical (unpaired) electrons. The standard InChI is InChI=1S/C22H25N3O3/c1-3-25(14-16-7-5-4-6-8-16)22(28)20-13-19(20)21(27)24-18-11-9-17(10-12-18)23-15(2)26/h4-12,19-20H,3,13-14H2,1-2H3,(H,23,26)(H,24,27). The van der Waals surface area contributed by atoms with E-state index in [-0.39, 0.29) is 29.6 Å². The minimum absolute atomic E-state index is 0.0347. The second-order valence-electron chi connectivity index (χ2n) is 7.03. The van der Waals surface area contributed by atoms with Gasteiger partial charge in [0.2, 0.25) is 17.7 Å². The Morgan fingerprint density at radius 3 is 2.11 bits per heavy atom. The number of nitrogens with one attached hydrogen (secondary N) is 2. The van der Waals surface area contributed by atoms with E-state index in [0.29, 0.717) is 30.9 Å². The molecule has 0 bridgehead atoms. The highest BCUT2D eigenvalue weighted by atomic mass is 16.2. The lowest BCUT2D eigenvalue weighted by atomic mass is 10.2. The maximum absolute atomic E-state index is 12.8. The normalized spacial score (nSPS) is 17.5. The van der Waals surface area contributed by atoms with Crippen molar-refractivity contribution in [3.05, 3.63) is 60.2 Å². The maximum Gasteiger partial charge on any atom is 0.228 e. The third-order valence-electron chi connectivity index (χ3n) is 4.83. The van der Waals surface area contributed by atoms with Crippen LogP contribution in [-0.2, 0) is 20.9 Å².